The van der Waals surface area contributed by atoms with Crippen LogP contribution < -0.4 is 10.6 Å². The lowest BCUT2D eigenvalue weighted by atomic mass is 10.3. The largest absolute Gasteiger partial charge is 0.338 e. The van der Waals surface area contributed by atoms with Gasteiger partial charge in [-0.15, -0.1) is 0 Å². The highest BCUT2D eigenvalue weighted by atomic mass is 16.5. The molecule has 1 saturated carbocycles. The molecule has 2 N–H and O–H groups in total. The molecule has 0 aromatic carbocycles. The second kappa shape index (κ2) is 4.13. The van der Waals surface area contributed by atoms with Crippen LogP contribution in [-0.2, 0) is 0 Å². The Kier molecular flexibility index (Phi) is 2.67. The zero-order chi connectivity index (χ0) is 9.80. The Bertz CT molecular complexity index is 291. The number of carbonyl (C=O) groups is 1. The minimum atomic E-state index is -0.214. The SMILES string of the molecule is O=C(Nc1ccno1)NC1CCCC1. The van der Waals surface area contributed by atoms with Gasteiger partial charge in [0, 0.05) is 12.1 Å². The molecule has 0 aliphatic heterocycles. The summed E-state index contributed by atoms with van der Waals surface area (Å²) < 4.78 is 4.75. The fourth-order valence-corrected chi connectivity index (χ4v) is 1.68. The molecule has 0 bridgehead atoms. The van der Waals surface area contributed by atoms with Crippen molar-refractivity contribution in [2.24, 2.45) is 0 Å². The molecule has 2 amide bonds. The van der Waals surface area contributed by atoms with E-state index in [1.807, 2.05) is 0 Å². The van der Waals surface area contributed by atoms with Crippen molar-refractivity contribution in [2.75, 3.05) is 5.32 Å². The highest BCUT2D eigenvalue weighted by Gasteiger charge is 2.17. The summed E-state index contributed by atoms with van der Waals surface area (Å²) in [5, 5.41) is 8.94. The first-order chi connectivity index (χ1) is 6.84. The molecule has 0 unspecified atom stereocenters. The smallest absolute Gasteiger partial charge is 0.321 e. The molecule has 5 nitrogen and oxygen atoms in total. The minimum Gasteiger partial charge on any atom is -0.338 e. The number of anilines is 1. The van der Waals surface area contributed by atoms with Crippen LogP contribution in [0.2, 0.25) is 0 Å². The first-order valence-corrected chi connectivity index (χ1v) is 4.83. The summed E-state index contributed by atoms with van der Waals surface area (Å²) in [6.07, 6.45) is 6.04. The average molecular weight is 195 g/mol. The van der Waals surface area contributed by atoms with Crippen LogP contribution in [-0.4, -0.2) is 17.2 Å². The normalized spacial score (nSPS) is 16.9. The molecule has 0 radical (unpaired) electrons. The Balaban J connectivity index is 1.78. The number of hydrogen-bond donors (Lipinski definition) is 2. The molecule has 1 aliphatic rings. The number of rotatable bonds is 2. The van der Waals surface area contributed by atoms with Crippen molar-refractivity contribution < 1.29 is 9.32 Å². The van der Waals surface area contributed by atoms with Gasteiger partial charge in [0.1, 0.15) is 0 Å². The minimum absolute atomic E-state index is 0.214. The fraction of sp³-hybridized carbons (Fsp3) is 0.556. The molecule has 1 aromatic heterocycles. The molecule has 14 heavy (non-hydrogen) atoms. The summed E-state index contributed by atoms with van der Waals surface area (Å²) in [5.41, 5.74) is 0. The van der Waals surface area contributed by atoms with Gasteiger partial charge in [0.2, 0.25) is 5.88 Å². The summed E-state index contributed by atoms with van der Waals surface area (Å²) in [6.45, 7) is 0. The molecule has 0 atom stereocenters. The van der Waals surface area contributed by atoms with Gasteiger partial charge in [-0.3, -0.25) is 5.32 Å². The van der Waals surface area contributed by atoms with E-state index in [9.17, 15) is 4.79 Å². The number of carbonyl (C=O) groups excluding carboxylic acids is 1. The maximum Gasteiger partial charge on any atom is 0.321 e. The van der Waals surface area contributed by atoms with Crippen molar-refractivity contribution in [3.05, 3.63) is 12.3 Å². The van der Waals surface area contributed by atoms with E-state index in [0.29, 0.717) is 11.9 Å². The molecule has 0 spiro atoms. The third-order valence-corrected chi connectivity index (χ3v) is 2.36. The van der Waals surface area contributed by atoms with Crippen LogP contribution in [0.15, 0.2) is 16.8 Å². The van der Waals surface area contributed by atoms with E-state index >= 15 is 0 Å². The first-order valence-electron chi connectivity index (χ1n) is 4.83. The predicted octanol–water partition coefficient (Wildman–Crippen LogP) is 1.74. The molecule has 5 heteroatoms. The lowest BCUT2D eigenvalue weighted by Gasteiger charge is -2.10. The van der Waals surface area contributed by atoms with Gasteiger partial charge in [-0.05, 0) is 12.8 Å². The van der Waals surface area contributed by atoms with E-state index in [4.69, 9.17) is 4.52 Å². The van der Waals surface area contributed by atoms with Gasteiger partial charge >= 0.3 is 6.03 Å². The second-order valence-electron chi connectivity index (χ2n) is 3.46. The number of urea groups is 1. The van der Waals surface area contributed by atoms with Gasteiger partial charge in [-0.25, -0.2) is 4.79 Å². The van der Waals surface area contributed by atoms with Gasteiger partial charge in [0.05, 0.1) is 6.20 Å². The van der Waals surface area contributed by atoms with Gasteiger partial charge in [0.25, 0.3) is 0 Å². The first kappa shape index (κ1) is 9.05. The zero-order valence-electron chi connectivity index (χ0n) is 7.82. The standard InChI is InChI=1S/C9H13N3O2/c13-9(11-7-3-1-2-4-7)12-8-5-6-10-14-8/h5-7H,1-4H2,(H2,11,12,13). The molecule has 76 valence electrons. The molecule has 1 aromatic rings. The molecular formula is C9H13N3O2. The monoisotopic (exact) mass is 195 g/mol. The van der Waals surface area contributed by atoms with Gasteiger partial charge in [-0.2, -0.15) is 0 Å². The lowest BCUT2D eigenvalue weighted by molar-refractivity contribution is 0.247. The van der Waals surface area contributed by atoms with Crippen molar-refractivity contribution >= 4 is 11.9 Å². The molecular weight excluding hydrogens is 182 g/mol. The van der Waals surface area contributed by atoms with Crippen molar-refractivity contribution in [3.8, 4) is 0 Å². The number of nitrogens with one attached hydrogen (secondary N) is 2. The summed E-state index contributed by atoms with van der Waals surface area (Å²) in [5.74, 6) is 0.375. The van der Waals surface area contributed by atoms with Gasteiger partial charge < -0.3 is 9.84 Å². The lowest BCUT2D eigenvalue weighted by Crippen LogP contribution is -2.36. The van der Waals surface area contributed by atoms with Crippen molar-refractivity contribution in [1.29, 1.82) is 0 Å². The second-order valence-corrected chi connectivity index (χ2v) is 3.46. The van der Waals surface area contributed by atoms with Crippen LogP contribution in [0.1, 0.15) is 25.7 Å². The van der Waals surface area contributed by atoms with Crippen LogP contribution in [0.3, 0.4) is 0 Å². The van der Waals surface area contributed by atoms with E-state index in [1.54, 1.807) is 6.07 Å². The summed E-state index contributed by atoms with van der Waals surface area (Å²) in [6, 6.07) is 1.71. The molecule has 0 saturated heterocycles. The van der Waals surface area contributed by atoms with E-state index in [2.05, 4.69) is 15.8 Å². The van der Waals surface area contributed by atoms with Gasteiger partial charge in [-0.1, -0.05) is 18.0 Å². The van der Waals surface area contributed by atoms with Crippen LogP contribution in [0.5, 0.6) is 0 Å². The van der Waals surface area contributed by atoms with Crippen LogP contribution in [0.4, 0.5) is 10.7 Å². The number of amides is 2. The Morgan fingerprint density at radius 2 is 2.29 bits per heavy atom. The van der Waals surface area contributed by atoms with E-state index in [1.165, 1.54) is 19.0 Å². The third-order valence-electron chi connectivity index (χ3n) is 2.36. The Morgan fingerprint density at radius 3 is 2.93 bits per heavy atom. The molecule has 1 heterocycles. The summed E-state index contributed by atoms with van der Waals surface area (Å²) in [7, 11) is 0. The zero-order valence-corrected chi connectivity index (χ0v) is 7.82. The maximum absolute atomic E-state index is 11.4. The molecule has 2 rings (SSSR count). The van der Waals surface area contributed by atoms with E-state index < -0.39 is 0 Å². The highest BCUT2D eigenvalue weighted by molar-refractivity contribution is 5.87. The number of hydrogen-bond acceptors (Lipinski definition) is 3. The van der Waals surface area contributed by atoms with Crippen LogP contribution in [0.25, 0.3) is 0 Å². The predicted molar refractivity (Wildman–Crippen MR) is 50.9 cm³/mol. The average Bonchev–Trinajstić information content (AvgIpc) is 2.76. The quantitative estimate of drug-likeness (QED) is 0.755. The van der Waals surface area contributed by atoms with Crippen molar-refractivity contribution in [2.45, 2.75) is 31.7 Å². The maximum atomic E-state index is 11.4. The Hall–Kier alpha value is -1.52. The Morgan fingerprint density at radius 1 is 1.50 bits per heavy atom. The summed E-state index contributed by atoms with van der Waals surface area (Å²) >= 11 is 0. The van der Waals surface area contributed by atoms with Crippen molar-refractivity contribution in [1.82, 2.24) is 10.5 Å². The fourth-order valence-electron chi connectivity index (χ4n) is 1.68. The van der Waals surface area contributed by atoms with Gasteiger partial charge in [0.15, 0.2) is 0 Å². The number of aromatic nitrogens is 1. The van der Waals surface area contributed by atoms with E-state index in [-0.39, 0.29) is 6.03 Å². The molecule has 1 aliphatic carbocycles. The topological polar surface area (TPSA) is 67.2 Å². The molecule has 1 fully saturated rings. The third kappa shape index (κ3) is 2.25. The number of nitrogens with zero attached hydrogens (tertiary/aromatic N) is 1. The van der Waals surface area contributed by atoms with Crippen LogP contribution >= 0.6 is 0 Å². The van der Waals surface area contributed by atoms with Crippen molar-refractivity contribution in [3.63, 3.8) is 0 Å². The Labute approximate surface area is 81.8 Å². The highest BCUT2D eigenvalue weighted by Crippen LogP contribution is 2.17. The summed E-state index contributed by atoms with van der Waals surface area (Å²) in [4.78, 5) is 11.4. The van der Waals surface area contributed by atoms with E-state index in [0.717, 1.165) is 12.8 Å². The van der Waals surface area contributed by atoms with Crippen LogP contribution in [0, 0.1) is 0 Å².